The average Bonchev–Trinajstić information content (AvgIpc) is 3.50. The second-order valence-corrected chi connectivity index (χ2v) is 12.0. The van der Waals surface area contributed by atoms with E-state index in [9.17, 15) is 13.2 Å². The first-order valence-electron chi connectivity index (χ1n) is 14.9. The van der Waals surface area contributed by atoms with Crippen LogP contribution in [-0.2, 0) is 29.7 Å². The number of aromatic nitrogens is 3. The van der Waals surface area contributed by atoms with Crippen molar-refractivity contribution in [3.05, 3.63) is 106 Å². The highest BCUT2D eigenvalue weighted by atomic mass is 32.2. The normalized spacial score (nSPS) is 11.7. The number of aryl methyl sites for hydroxylation is 1. The van der Waals surface area contributed by atoms with Crippen LogP contribution in [0.25, 0.3) is 11.0 Å². The molecule has 5 rings (SSSR count). The maximum Gasteiger partial charge on any atom is 0.336 e. The first-order valence-corrected chi connectivity index (χ1v) is 16.5. The lowest BCUT2D eigenvalue weighted by Gasteiger charge is -2.22. The second kappa shape index (κ2) is 14.8. The molecule has 0 unspecified atom stereocenters. The SMILES string of the molecule is CCN(CC)c1ccc(C=NCc2ccc(S(N)(=O)=O)cc2)c(OCc2cn(CCCOc3ccc4ccc(=O)oc4c3)nn2)c1. The summed E-state index contributed by atoms with van der Waals surface area (Å²) in [5.41, 5.74) is 3.45. The van der Waals surface area contributed by atoms with Crippen LogP contribution in [0.2, 0.25) is 0 Å². The van der Waals surface area contributed by atoms with Crippen molar-refractivity contribution in [1.82, 2.24) is 15.0 Å². The minimum Gasteiger partial charge on any atom is -0.493 e. The molecule has 0 spiro atoms. The Hall–Kier alpha value is -5.01. The molecule has 0 atom stereocenters. The Morgan fingerprint density at radius 1 is 1.00 bits per heavy atom. The van der Waals surface area contributed by atoms with Gasteiger partial charge in [0.2, 0.25) is 10.0 Å². The third kappa shape index (κ3) is 8.58. The summed E-state index contributed by atoms with van der Waals surface area (Å²) >= 11 is 0. The number of rotatable bonds is 15. The fourth-order valence-corrected chi connectivity index (χ4v) is 5.30. The molecule has 0 aliphatic carbocycles. The van der Waals surface area contributed by atoms with E-state index in [0.29, 0.717) is 48.9 Å². The summed E-state index contributed by atoms with van der Waals surface area (Å²) in [6, 6.07) is 20.8. The van der Waals surface area contributed by atoms with Crippen LogP contribution in [0.1, 0.15) is 37.1 Å². The summed E-state index contributed by atoms with van der Waals surface area (Å²) in [4.78, 5) is 18.3. The number of aliphatic imine (C=N–C) groups is 1. The minimum absolute atomic E-state index is 0.0616. The van der Waals surface area contributed by atoms with E-state index in [1.807, 2.05) is 36.5 Å². The molecule has 0 saturated heterocycles. The Morgan fingerprint density at radius 2 is 1.78 bits per heavy atom. The lowest BCUT2D eigenvalue weighted by atomic mass is 10.1. The molecule has 0 aliphatic rings. The van der Waals surface area contributed by atoms with Gasteiger partial charge in [-0.25, -0.2) is 18.4 Å². The Kier molecular flexibility index (Phi) is 10.5. The number of benzene rings is 3. The van der Waals surface area contributed by atoms with Gasteiger partial charge in [0, 0.05) is 67.1 Å². The predicted molar refractivity (Wildman–Crippen MR) is 176 cm³/mol. The highest BCUT2D eigenvalue weighted by molar-refractivity contribution is 7.89. The van der Waals surface area contributed by atoms with E-state index >= 15 is 0 Å². The van der Waals surface area contributed by atoms with Crippen LogP contribution in [-0.4, -0.2) is 49.3 Å². The van der Waals surface area contributed by atoms with Crippen molar-refractivity contribution in [1.29, 1.82) is 0 Å². The average molecular weight is 645 g/mol. The number of fused-ring (bicyclic) bond motifs is 1. The third-order valence-corrected chi connectivity index (χ3v) is 8.17. The van der Waals surface area contributed by atoms with E-state index in [2.05, 4.69) is 34.1 Å². The van der Waals surface area contributed by atoms with Crippen molar-refractivity contribution in [2.24, 2.45) is 10.1 Å². The zero-order valence-electron chi connectivity index (χ0n) is 25.7. The van der Waals surface area contributed by atoms with Crippen molar-refractivity contribution in [3.63, 3.8) is 0 Å². The van der Waals surface area contributed by atoms with Crippen molar-refractivity contribution in [3.8, 4) is 11.5 Å². The Morgan fingerprint density at radius 3 is 2.54 bits per heavy atom. The summed E-state index contributed by atoms with van der Waals surface area (Å²) in [6.07, 6.45) is 4.28. The molecule has 0 saturated carbocycles. The van der Waals surface area contributed by atoms with Gasteiger partial charge in [0.05, 0.1) is 24.2 Å². The summed E-state index contributed by atoms with van der Waals surface area (Å²) in [5, 5.41) is 14.5. The van der Waals surface area contributed by atoms with Crippen LogP contribution in [0.4, 0.5) is 5.69 Å². The van der Waals surface area contributed by atoms with Crippen molar-refractivity contribution in [2.75, 3.05) is 24.6 Å². The zero-order valence-corrected chi connectivity index (χ0v) is 26.5. The Bertz CT molecular complexity index is 1970. The summed E-state index contributed by atoms with van der Waals surface area (Å²) in [7, 11) is -3.74. The molecule has 0 bridgehead atoms. The molecule has 13 heteroatoms. The highest BCUT2D eigenvalue weighted by Crippen LogP contribution is 2.26. The van der Waals surface area contributed by atoms with Crippen molar-refractivity contribution in [2.45, 2.75) is 44.9 Å². The maximum atomic E-state index is 11.5. The number of hydrogen-bond acceptors (Lipinski definition) is 10. The topological polar surface area (TPSA) is 155 Å². The number of anilines is 1. The summed E-state index contributed by atoms with van der Waals surface area (Å²) in [6.45, 7) is 7.54. The van der Waals surface area contributed by atoms with Gasteiger partial charge in [-0.05, 0) is 61.9 Å². The van der Waals surface area contributed by atoms with E-state index < -0.39 is 15.6 Å². The maximum absolute atomic E-state index is 11.5. The Balaban J connectivity index is 1.18. The fourth-order valence-electron chi connectivity index (χ4n) is 4.79. The standard InChI is InChI=1S/C33H36N6O6S/c1-3-38(4-2)28-11-8-26(21-35-20-24-6-13-30(14-7-24)46(34,41)42)31(18-28)44-23-27-22-39(37-36-27)16-5-17-43-29-12-9-25-10-15-33(40)45-32(25)19-29/h6-15,18-19,21-22H,3-5,16-17,20,23H2,1-2H3,(H2,34,41,42). The first-order chi connectivity index (χ1) is 22.2. The number of sulfonamides is 1. The number of ether oxygens (including phenoxy) is 2. The van der Waals surface area contributed by atoms with Gasteiger partial charge in [-0.1, -0.05) is 17.3 Å². The lowest BCUT2D eigenvalue weighted by molar-refractivity contribution is 0.297. The second-order valence-electron chi connectivity index (χ2n) is 10.5. The van der Waals surface area contributed by atoms with E-state index in [4.69, 9.17) is 19.0 Å². The molecule has 240 valence electrons. The fraction of sp³-hybridized carbons (Fsp3) is 0.273. The van der Waals surface area contributed by atoms with Crippen LogP contribution in [0.15, 0.2) is 98.1 Å². The summed E-state index contributed by atoms with van der Waals surface area (Å²) < 4.78 is 42.1. The third-order valence-electron chi connectivity index (χ3n) is 7.24. The molecule has 2 aromatic heterocycles. The Labute approximate surface area is 267 Å². The van der Waals surface area contributed by atoms with Crippen LogP contribution >= 0.6 is 0 Å². The molecular formula is C33H36N6O6S. The van der Waals surface area contributed by atoms with Gasteiger partial charge in [-0.15, -0.1) is 5.10 Å². The zero-order chi connectivity index (χ0) is 32.5. The smallest absolute Gasteiger partial charge is 0.336 e. The van der Waals surface area contributed by atoms with Crippen molar-refractivity contribution < 1.29 is 22.3 Å². The monoisotopic (exact) mass is 644 g/mol. The lowest BCUT2D eigenvalue weighted by Crippen LogP contribution is -2.21. The van der Waals surface area contributed by atoms with Crippen LogP contribution in [0.5, 0.6) is 11.5 Å². The molecule has 0 fully saturated rings. The molecule has 0 amide bonds. The van der Waals surface area contributed by atoms with E-state index in [1.165, 1.54) is 18.2 Å². The van der Waals surface area contributed by atoms with Gasteiger partial charge in [0.25, 0.3) is 0 Å². The largest absolute Gasteiger partial charge is 0.493 e. The van der Waals surface area contributed by atoms with E-state index in [0.717, 1.165) is 35.3 Å². The molecule has 2 N–H and O–H groups in total. The minimum atomic E-state index is -3.74. The number of nitrogens with zero attached hydrogens (tertiary/aromatic N) is 5. The number of primary sulfonamides is 1. The highest BCUT2D eigenvalue weighted by Gasteiger charge is 2.11. The van der Waals surface area contributed by atoms with Gasteiger partial charge in [0.1, 0.15) is 29.4 Å². The van der Waals surface area contributed by atoms with E-state index in [-0.39, 0.29) is 11.5 Å². The van der Waals surface area contributed by atoms with Crippen LogP contribution in [0.3, 0.4) is 0 Å². The molecule has 5 aromatic rings. The first kappa shape index (κ1) is 32.4. The van der Waals surface area contributed by atoms with Gasteiger partial charge in [0.15, 0.2) is 0 Å². The predicted octanol–water partition coefficient (Wildman–Crippen LogP) is 4.55. The number of nitrogens with two attached hydrogens (primary N) is 1. The molecule has 3 aromatic carbocycles. The summed E-state index contributed by atoms with van der Waals surface area (Å²) in [5.74, 6) is 1.28. The molecule has 0 radical (unpaired) electrons. The van der Waals surface area contributed by atoms with Crippen molar-refractivity contribution >= 4 is 32.9 Å². The van der Waals surface area contributed by atoms with Gasteiger partial charge < -0.3 is 18.8 Å². The molecule has 12 nitrogen and oxygen atoms in total. The van der Waals surface area contributed by atoms with Gasteiger partial charge >= 0.3 is 5.63 Å². The molecule has 46 heavy (non-hydrogen) atoms. The molecular weight excluding hydrogens is 608 g/mol. The van der Waals surface area contributed by atoms with E-state index in [1.54, 1.807) is 35.2 Å². The van der Waals surface area contributed by atoms with Crippen LogP contribution < -0.4 is 25.1 Å². The number of hydrogen-bond donors (Lipinski definition) is 1. The van der Waals surface area contributed by atoms with Gasteiger partial charge in [-0.3, -0.25) is 9.67 Å². The molecule has 2 heterocycles. The van der Waals surface area contributed by atoms with Gasteiger partial charge in [-0.2, -0.15) is 0 Å². The quantitative estimate of drug-likeness (QED) is 0.0982. The van der Waals surface area contributed by atoms with Crippen LogP contribution in [0, 0.1) is 0 Å². The molecule has 0 aliphatic heterocycles.